The number of hydrogen-bond acceptors (Lipinski definition) is 5. The normalized spacial score (nSPS) is 15.9. The maximum atomic E-state index is 14.0. The van der Waals surface area contributed by atoms with Crippen LogP contribution in [0.3, 0.4) is 0 Å². The van der Waals surface area contributed by atoms with E-state index in [-0.39, 0.29) is 12.3 Å². The lowest BCUT2D eigenvalue weighted by Gasteiger charge is -2.40. The van der Waals surface area contributed by atoms with Crippen molar-refractivity contribution >= 4 is 29.4 Å². The molecular weight excluding hydrogens is 575 g/mol. The summed E-state index contributed by atoms with van der Waals surface area (Å²) in [6, 6.07) is 22.5. The van der Waals surface area contributed by atoms with Crippen LogP contribution in [0.5, 0.6) is 0 Å². The van der Waals surface area contributed by atoms with Gasteiger partial charge >= 0.3 is 12.3 Å². The smallest absolute Gasteiger partial charge is 0.444 e. The molecule has 2 atom stereocenters. The number of nitrogens with zero attached hydrogens (tertiary/aromatic N) is 2. The predicted molar refractivity (Wildman–Crippen MR) is 156 cm³/mol. The SMILES string of the molecule is CC(C)[C@H]1C(=O)N(CC(=O)N[C@@H](Cc2ccccc2)C(=O)C(F)(F)F)C(c2ccccc2)=CN1C(=O)OCc1ccccc1. The van der Waals surface area contributed by atoms with Gasteiger partial charge in [-0.05, 0) is 22.6 Å². The standard InChI is InChI=1S/C33H32F3N3O5/c1-22(2)29-31(42)38(20-28(40)37-26(30(41)33(34,35)36)18-23-12-6-3-7-13-23)27(25-16-10-5-11-17-25)19-39(29)32(43)44-21-24-14-8-4-9-15-24/h3-17,19,22,26,29H,18,20-21H2,1-2H3,(H,37,40)/t26-,29-/m0/s1. The number of nitrogens with one attached hydrogen (secondary N) is 1. The molecule has 0 aliphatic carbocycles. The lowest BCUT2D eigenvalue weighted by atomic mass is 9.97. The average molecular weight is 608 g/mol. The van der Waals surface area contributed by atoms with Gasteiger partial charge in [-0.3, -0.25) is 24.2 Å². The molecule has 3 amide bonds. The van der Waals surface area contributed by atoms with Crippen molar-refractivity contribution in [2.45, 2.75) is 45.1 Å². The van der Waals surface area contributed by atoms with Crippen molar-refractivity contribution in [3.8, 4) is 0 Å². The van der Waals surface area contributed by atoms with Crippen molar-refractivity contribution in [2.24, 2.45) is 5.92 Å². The Morgan fingerprint density at radius 1 is 0.864 bits per heavy atom. The number of carbonyl (C=O) groups excluding carboxylic acids is 4. The summed E-state index contributed by atoms with van der Waals surface area (Å²) < 4.78 is 45.9. The highest BCUT2D eigenvalue weighted by Gasteiger charge is 2.45. The number of hydrogen-bond donors (Lipinski definition) is 1. The van der Waals surface area contributed by atoms with Crippen molar-refractivity contribution in [3.05, 3.63) is 114 Å². The Hall–Kier alpha value is -4.93. The number of amides is 3. The Morgan fingerprint density at radius 2 is 1.41 bits per heavy atom. The molecule has 0 unspecified atom stereocenters. The van der Waals surface area contributed by atoms with Gasteiger partial charge in [-0.1, -0.05) is 105 Å². The maximum Gasteiger partial charge on any atom is 0.452 e. The van der Waals surface area contributed by atoms with Crippen LogP contribution in [0.15, 0.2) is 97.2 Å². The third kappa shape index (κ3) is 7.91. The molecule has 3 aromatic carbocycles. The Balaban J connectivity index is 1.63. The molecule has 1 aliphatic heterocycles. The van der Waals surface area contributed by atoms with Gasteiger partial charge in [0.1, 0.15) is 25.2 Å². The molecule has 3 aromatic rings. The van der Waals surface area contributed by atoms with Gasteiger partial charge in [0.05, 0.1) is 5.70 Å². The van der Waals surface area contributed by atoms with E-state index in [4.69, 9.17) is 4.74 Å². The van der Waals surface area contributed by atoms with Gasteiger partial charge in [0.25, 0.3) is 11.7 Å². The van der Waals surface area contributed by atoms with Crippen LogP contribution in [0.4, 0.5) is 18.0 Å². The van der Waals surface area contributed by atoms with Crippen LogP contribution in [-0.2, 0) is 32.1 Å². The molecule has 0 bridgehead atoms. The Bertz CT molecular complexity index is 1500. The summed E-state index contributed by atoms with van der Waals surface area (Å²) in [6.45, 7) is 2.72. The van der Waals surface area contributed by atoms with E-state index in [1.165, 1.54) is 11.1 Å². The first-order chi connectivity index (χ1) is 21.0. The van der Waals surface area contributed by atoms with Crippen LogP contribution in [0.2, 0.25) is 0 Å². The summed E-state index contributed by atoms with van der Waals surface area (Å²) in [4.78, 5) is 55.1. The summed E-state index contributed by atoms with van der Waals surface area (Å²) in [5.41, 5.74) is 1.80. The number of alkyl halides is 3. The third-order valence-corrected chi connectivity index (χ3v) is 7.00. The van der Waals surface area contributed by atoms with Gasteiger partial charge in [-0.25, -0.2) is 4.79 Å². The number of rotatable bonds is 10. The second-order valence-corrected chi connectivity index (χ2v) is 10.6. The fourth-order valence-electron chi connectivity index (χ4n) is 4.89. The first-order valence-electron chi connectivity index (χ1n) is 14.0. The van der Waals surface area contributed by atoms with Crippen molar-refractivity contribution in [1.29, 1.82) is 0 Å². The van der Waals surface area contributed by atoms with E-state index in [2.05, 4.69) is 5.32 Å². The fourth-order valence-corrected chi connectivity index (χ4v) is 4.89. The summed E-state index contributed by atoms with van der Waals surface area (Å²) in [7, 11) is 0. The van der Waals surface area contributed by atoms with Crippen LogP contribution in [0.25, 0.3) is 5.70 Å². The van der Waals surface area contributed by atoms with Crippen molar-refractivity contribution < 1.29 is 37.1 Å². The van der Waals surface area contributed by atoms with E-state index in [0.29, 0.717) is 11.1 Å². The third-order valence-electron chi connectivity index (χ3n) is 7.00. The molecular formula is C33H32F3N3O5. The number of carbonyl (C=O) groups is 4. The number of benzene rings is 3. The van der Waals surface area contributed by atoms with Gasteiger partial charge in [-0.2, -0.15) is 13.2 Å². The minimum absolute atomic E-state index is 0.0359. The van der Waals surface area contributed by atoms with Crippen LogP contribution < -0.4 is 5.32 Å². The van der Waals surface area contributed by atoms with Crippen LogP contribution in [0, 0.1) is 5.92 Å². The molecule has 230 valence electrons. The summed E-state index contributed by atoms with van der Waals surface area (Å²) in [5, 5.41) is 2.19. The number of halogens is 3. The highest BCUT2D eigenvalue weighted by molar-refractivity contribution is 6.00. The monoisotopic (exact) mass is 607 g/mol. The van der Waals surface area contributed by atoms with Gasteiger partial charge < -0.3 is 10.1 Å². The van der Waals surface area contributed by atoms with Crippen molar-refractivity contribution in [2.75, 3.05) is 6.54 Å². The van der Waals surface area contributed by atoms with Crippen molar-refractivity contribution in [1.82, 2.24) is 15.1 Å². The first-order valence-corrected chi connectivity index (χ1v) is 14.0. The maximum absolute atomic E-state index is 14.0. The average Bonchev–Trinajstić information content (AvgIpc) is 3.00. The van der Waals surface area contributed by atoms with Crippen LogP contribution in [-0.4, -0.2) is 58.3 Å². The quantitative estimate of drug-likeness (QED) is 0.335. The van der Waals surface area contributed by atoms with Gasteiger partial charge in [0.2, 0.25) is 5.91 Å². The second kappa shape index (κ2) is 14.0. The van der Waals surface area contributed by atoms with E-state index < -0.39 is 60.8 Å². The molecule has 0 radical (unpaired) electrons. The largest absolute Gasteiger partial charge is 0.452 e. The van der Waals surface area contributed by atoms with Crippen LogP contribution in [0.1, 0.15) is 30.5 Å². The van der Waals surface area contributed by atoms with Gasteiger partial charge in [0, 0.05) is 12.6 Å². The molecule has 0 fully saturated rings. The predicted octanol–water partition coefficient (Wildman–Crippen LogP) is 5.35. The van der Waals surface area contributed by atoms with E-state index in [9.17, 15) is 32.3 Å². The molecule has 1 aliphatic rings. The van der Waals surface area contributed by atoms with E-state index >= 15 is 0 Å². The Kier molecular flexibility index (Phi) is 10.2. The second-order valence-electron chi connectivity index (χ2n) is 10.6. The molecule has 0 aromatic heterocycles. The topological polar surface area (TPSA) is 96.0 Å². The summed E-state index contributed by atoms with van der Waals surface area (Å²) in [6.07, 6.45) is -4.95. The fraction of sp³-hybridized carbons (Fsp3) is 0.273. The van der Waals surface area contributed by atoms with E-state index in [0.717, 1.165) is 10.5 Å². The molecule has 0 spiro atoms. The lowest BCUT2D eigenvalue weighted by Crippen LogP contribution is -2.57. The van der Waals surface area contributed by atoms with Crippen molar-refractivity contribution in [3.63, 3.8) is 0 Å². The zero-order valence-electron chi connectivity index (χ0n) is 24.2. The first kappa shape index (κ1) is 32.0. The van der Waals surface area contributed by atoms with Gasteiger partial charge in [0.15, 0.2) is 0 Å². The molecule has 1 N–H and O–H groups in total. The Morgan fingerprint density at radius 3 is 1.95 bits per heavy atom. The molecule has 4 rings (SSSR count). The van der Waals surface area contributed by atoms with E-state index in [1.54, 1.807) is 98.8 Å². The molecule has 8 nitrogen and oxygen atoms in total. The lowest BCUT2D eigenvalue weighted by molar-refractivity contribution is -0.173. The number of ether oxygens (including phenoxy) is 1. The van der Waals surface area contributed by atoms with Crippen LogP contribution >= 0.6 is 0 Å². The summed E-state index contributed by atoms with van der Waals surface area (Å²) >= 11 is 0. The molecule has 0 saturated heterocycles. The molecule has 1 heterocycles. The van der Waals surface area contributed by atoms with Gasteiger partial charge in [-0.15, -0.1) is 0 Å². The highest BCUT2D eigenvalue weighted by Crippen LogP contribution is 2.30. The number of ketones is 1. The molecule has 0 saturated carbocycles. The minimum atomic E-state index is -5.19. The zero-order valence-corrected chi connectivity index (χ0v) is 24.2. The summed E-state index contributed by atoms with van der Waals surface area (Å²) in [5.74, 6) is -4.13. The number of Topliss-reactive ketones (excluding diaryl/α,β-unsaturated/α-hetero) is 1. The molecule has 44 heavy (non-hydrogen) atoms. The Labute approximate surface area is 253 Å². The highest BCUT2D eigenvalue weighted by atomic mass is 19.4. The zero-order chi connectivity index (χ0) is 31.9. The molecule has 11 heteroatoms. The van der Waals surface area contributed by atoms with E-state index in [1.807, 2.05) is 6.07 Å². The minimum Gasteiger partial charge on any atom is -0.444 e.